The second-order valence-corrected chi connectivity index (χ2v) is 2.85. The molecule has 0 spiro atoms. The van der Waals surface area contributed by atoms with Gasteiger partial charge in [0.05, 0.1) is 19.3 Å². The first-order valence-electron chi connectivity index (χ1n) is 3.34. The summed E-state index contributed by atoms with van der Waals surface area (Å²) >= 11 is 0. The van der Waals surface area contributed by atoms with Gasteiger partial charge in [0.1, 0.15) is 0 Å². The number of hydrogen-bond acceptors (Lipinski definition) is 4. The van der Waals surface area contributed by atoms with E-state index in [1.807, 2.05) is 0 Å². The summed E-state index contributed by atoms with van der Waals surface area (Å²) in [6.45, 7) is 0.646. The van der Waals surface area contributed by atoms with E-state index < -0.39 is 5.54 Å². The third-order valence-electron chi connectivity index (χ3n) is 1.76. The van der Waals surface area contributed by atoms with E-state index in [9.17, 15) is 4.79 Å². The number of nitrogens with zero attached hydrogens (tertiary/aromatic N) is 1. The normalized spacial score (nSPS) is 20.8. The van der Waals surface area contributed by atoms with Crippen LogP contribution in [-0.2, 0) is 4.74 Å². The lowest BCUT2D eigenvalue weighted by Gasteiger charge is -2.45. The smallest absolute Gasteiger partial charge is 0.409 e. The molecule has 0 unspecified atom stereocenters. The standard InChI is InChI=1S/C6H12N2O3/c1-11-5(10)8-2-6(7,3-8)4-9/h9H,2-4,7H2,1H3. The van der Waals surface area contributed by atoms with Gasteiger partial charge < -0.3 is 20.5 Å². The Morgan fingerprint density at radius 1 is 1.82 bits per heavy atom. The molecule has 0 aromatic heterocycles. The Kier molecular flexibility index (Phi) is 2.01. The zero-order valence-corrected chi connectivity index (χ0v) is 6.41. The number of methoxy groups -OCH3 is 1. The van der Waals surface area contributed by atoms with Gasteiger partial charge in [-0.2, -0.15) is 0 Å². The Morgan fingerprint density at radius 2 is 2.36 bits per heavy atom. The van der Waals surface area contributed by atoms with Crippen LogP contribution >= 0.6 is 0 Å². The fraction of sp³-hybridized carbons (Fsp3) is 0.833. The molecule has 1 aliphatic heterocycles. The summed E-state index contributed by atoms with van der Waals surface area (Å²) in [6.07, 6.45) is -0.389. The molecule has 1 rings (SSSR count). The van der Waals surface area contributed by atoms with Crippen LogP contribution < -0.4 is 5.73 Å². The van der Waals surface area contributed by atoms with Gasteiger partial charge in [-0.1, -0.05) is 0 Å². The van der Waals surface area contributed by atoms with Crippen LogP contribution in [0.1, 0.15) is 0 Å². The molecule has 1 heterocycles. The van der Waals surface area contributed by atoms with Crippen molar-refractivity contribution >= 4 is 6.09 Å². The monoisotopic (exact) mass is 160 g/mol. The van der Waals surface area contributed by atoms with Gasteiger partial charge in [-0.15, -0.1) is 0 Å². The van der Waals surface area contributed by atoms with E-state index in [4.69, 9.17) is 10.8 Å². The van der Waals surface area contributed by atoms with Gasteiger partial charge in [0.15, 0.2) is 0 Å². The largest absolute Gasteiger partial charge is 0.453 e. The van der Waals surface area contributed by atoms with Crippen LogP contribution in [0.5, 0.6) is 0 Å². The quantitative estimate of drug-likeness (QED) is 0.503. The summed E-state index contributed by atoms with van der Waals surface area (Å²) in [5, 5.41) is 8.71. The molecule has 0 aromatic rings. The summed E-state index contributed by atoms with van der Waals surface area (Å²) in [6, 6.07) is 0. The van der Waals surface area contributed by atoms with Crippen molar-refractivity contribution in [2.45, 2.75) is 5.54 Å². The molecule has 64 valence electrons. The van der Waals surface area contributed by atoms with E-state index in [1.54, 1.807) is 0 Å². The minimum Gasteiger partial charge on any atom is -0.453 e. The Hall–Kier alpha value is -0.810. The summed E-state index contributed by atoms with van der Waals surface area (Å²) in [7, 11) is 1.32. The van der Waals surface area contributed by atoms with Gasteiger partial charge in [-0.05, 0) is 0 Å². The maximum atomic E-state index is 10.8. The number of aliphatic hydroxyl groups is 1. The first kappa shape index (κ1) is 8.29. The average molecular weight is 160 g/mol. The van der Waals surface area contributed by atoms with Gasteiger partial charge >= 0.3 is 6.09 Å². The van der Waals surface area contributed by atoms with E-state index >= 15 is 0 Å². The topological polar surface area (TPSA) is 75.8 Å². The molecule has 0 saturated carbocycles. The lowest BCUT2D eigenvalue weighted by molar-refractivity contribution is 0.0235. The number of ether oxygens (including phenoxy) is 1. The Morgan fingerprint density at radius 3 is 2.73 bits per heavy atom. The molecule has 5 nitrogen and oxygen atoms in total. The molecule has 0 aliphatic carbocycles. The molecule has 3 N–H and O–H groups in total. The van der Waals surface area contributed by atoms with Crippen molar-refractivity contribution in [2.75, 3.05) is 26.8 Å². The van der Waals surface area contributed by atoms with Crippen LogP contribution in [0.25, 0.3) is 0 Å². The maximum Gasteiger partial charge on any atom is 0.409 e. The number of carbonyl (C=O) groups is 1. The van der Waals surface area contributed by atoms with Crippen molar-refractivity contribution in [1.29, 1.82) is 0 Å². The Labute approximate surface area is 64.7 Å². The molecule has 1 saturated heterocycles. The molecule has 0 aromatic carbocycles. The maximum absolute atomic E-state index is 10.8. The average Bonchev–Trinajstić information content (AvgIpc) is 1.97. The number of aliphatic hydroxyl groups excluding tert-OH is 1. The third-order valence-corrected chi connectivity index (χ3v) is 1.76. The van der Waals surface area contributed by atoms with E-state index in [2.05, 4.69) is 4.74 Å². The number of hydrogen-bond donors (Lipinski definition) is 2. The Bertz CT molecular complexity index is 165. The molecule has 0 radical (unpaired) electrons. The van der Waals surface area contributed by atoms with Crippen molar-refractivity contribution in [2.24, 2.45) is 5.73 Å². The third kappa shape index (κ3) is 1.44. The molecule has 5 heteroatoms. The molecule has 1 fully saturated rings. The Balaban J connectivity index is 2.34. The van der Waals surface area contributed by atoms with Gasteiger partial charge in [0.2, 0.25) is 0 Å². The molecule has 1 amide bonds. The second kappa shape index (κ2) is 2.67. The van der Waals surface area contributed by atoms with Gasteiger partial charge in [-0.3, -0.25) is 0 Å². The molecule has 11 heavy (non-hydrogen) atoms. The van der Waals surface area contributed by atoms with E-state index in [-0.39, 0.29) is 12.7 Å². The van der Waals surface area contributed by atoms with E-state index in [0.29, 0.717) is 13.1 Å². The van der Waals surface area contributed by atoms with E-state index in [0.717, 1.165) is 0 Å². The molecule has 0 atom stereocenters. The van der Waals surface area contributed by atoms with Crippen LogP contribution in [-0.4, -0.2) is 48.4 Å². The van der Waals surface area contributed by atoms with Crippen LogP contribution in [0, 0.1) is 0 Å². The fourth-order valence-corrected chi connectivity index (χ4v) is 1.07. The first-order valence-corrected chi connectivity index (χ1v) is 3.34. The van der Waals surface area contributed by atoms with Crippen molar-refractivity contribution in [3.8, 4) is 0 Å². The molecule has 1 aliphatic rings. The fourth-order valence-electron chi connectivity index (χ4n) is 1.07. The highest BCUT2D eigenvalue weighted by atomic mass is 16.5. The highest BCUT2D eigenvalue weighted by Gasteiger charge is 2.41. The lowest BCUT2D eigenvalue weighted by Crippen LogP contribution is -2.70. The predicted octanol–water partition coefficient (Wildman–Crippen LogP) is -1.24. The zero-order chi connectivity index (χ0) is 8.48. The molecular weight excluding hydrogens is 148 g/mol. The summed E-state index contributed by atoms with van der Waals surface area (Å²) in [5.74, 6) is 0. The van der Waals surface area contributed by atoms with Crippen molar-refractivity contribution < 1.29 is 14.6 Å². The van der Waals surface area contributed by atoms with Gasteiger partial charge in [0.25, 0.3) is 0 Å². The number of amides is 1. The number of nitrogens with two attached hydrogens (primary N) is 1. The molecular formula is C6H12N2O3. The minimum atomic E-state index is -0.603. The van der Waals surface area contributed by atoms with Crippen LogP contribution in [0.4, 0.5) is 4.79 Å². The highest BCUT2D eigenvalue weighted by Crippen LogP contribution is 2.17. The molecule has 0 bridgehead atoms. The van der Waals surface area contributed by atoms with Crippen molar-refractivity contribution in [1.82, 2.24) is 4.90 Å². The number of rotatable bonds is 1. The number of likely N-dealkylation sites (tertiary alicyclic amines) is 1. The summed E-state index contributed by atoms with van der Waals surface area (Å²) in [5.41, 5.74) is 4.98. The summed E-state index contributed by atoms with van der Waals surface area (Å²) in [4.78, 5) is 12.2. The van der Waals surface area contributed by atoms with Gasteiger partial charge in [-0.25, -0.2) is 4.79 Å². The highest BCUT2D eigenvalue weighted by molar-refractivity contribution is 5.69. The van der Waals surface area contributed by atoms with E-state index in [1.165, 1.54) is 12.0 Å². The zero-order valence-electron chi connectivity index (χ0n) is 6.41. The second-order valence-electron chi connectivity index (χ2n) is 2.85. The van der Waals surface area contributed by atoms with Crippen LogP contribution in [0.2, 0.25) is 0 Å². The predicted molar refractivity (Wildman–Crippen MR) is 38.0 cm³/mol. The first-order chi connectivity index (χ1) is 5.11. The van der Waals surface area contributed by atoms with Crippen molar-refractivity contribution in [3.63, 3.8) is 0 Å². The summed E-state index contributed by atoms with van der Waals surface area (Å²) < 4.78 is 4.44. The van der Waals surface area contributed by atoms with Crippen molar-refractivity contribution in [3.05, 3.63) is 0 Å². The van der Waals surface area contributed by atoms with Crippen LogP contribution in [0.3, 0.4) is 0 Å². The number of carbonyl (C=O) groups excluding carboxylic acids is 1. The van der Waals surface area contributed by atoms with Crippen LogP contribution in [0.15, 0.2) is 0 Å². The lowest BCUT2D eigenvalue weighted by atomic mass is 9.93. The minimum absolute atomic E-state index is 0.0967. The van der Waals surface area contributed by atoms with Gasteiger partial charge in [0, 0.05) is 13.1 Å². The SMILES string of the molecule is COC(=O)N1CC(N)(CO)C1.